The molecule has 0 unspecified atom stereocenters. The summed E-state index contributed by atoms with van der Waals surface area (Å²) in [7, 11) is 0. The molecule has 1 radical (unpaired) electrons. The number of rotatable bonds is 6. The average Bonchev–Trinajstić information content (AvgIpc) is 2.57. The quantitative estimate of drug-likeness (QED) is 0.632. The van der Waals surface area contributed by atoms with Crippen molar-refractivity contribution in [2.24, 2.45) is 0 Å². The maximum atomic E-state index is 9.65. The van der Waals surface area contributed by atoms with Crippen LogP contribution in [0.1, 0.15) is 17.7 Å². The molecule has 0 aliphatic rings. The minimum Gasteiger partial charge on any atom is -0.457 e. The fourth-order valence-electron chi connectivity index (χ4n) is 0.970. The summed E-state index contributed by atoms with van der Waals surface area (Å²) in [6, 6.07) is 4.17. The first-order valence-corrected chi connectivity index (χ1v) is 4.83. The number of unbranched alkanes of at least 4 members (excludes halogenated alkanes) is 1. The van der Waals surface area contributed by atoms with Crippen molar-refractivity contribution in [2.45, 2.75) is 19.3 Å². The lowest BCUT2D eigenvalue weighted by Crippen LogP contribution is -1.92. The molecule has 0 N–H and O–H groups in total. The number of ether oxygens (including phenoxy) is 1. The monoisotopic (exact) mass is 183 g/mol. The van der Waals surface area contributed by atoms with E-state index in [-0.39, 0.29) is 0 Å². The van der Waals surface area contributed by atoms with Crippen LogP contribution >= 0.6 is 11.3 Å². The van der Waals surface area contributed by atoms with E-state index in [1.165, 1.54) is 11.3 Å². The van der Waals surface area contributed by atoms with E-state index in [0.717, 1.165) is 19.3 Å². The highest BCUT2D eigenvalue weighted by Gasteiger charge is 1.93. The highest BCUT2D eigenvalue weighted by Crippen LogP contribution is 2.11. The van der Waals surface area contributed by atoms with Gasteiger partial charge in [-0.2, -0.15) is 0 Å². The zero-order valence-electron chi connectivity index (χ0n) is 6.79. The predicted octanol–water partition coefficient (Wildman–Crippen LogP) is 2.15. The Morgan fingerprint density at radius 2 is 2.42 bits per heavy atom. The third-order valence-corrected chi connectivity index (χ3v) is 2.49. The van der Waals surface area contributed by atoms with Crippen LogP contribution in [0.2, 0.25) is 0 Å². The van der Waals surface area contributed by atoms with E-state index in [4.69, 9.17) is 0 Å². The average molecular weight is 183 g/mol. The van der Waals surface area contributed by atoms with Gasteiger partial charge >= 0.3 is 6.47 Å². The van der Waals surface area contributed by atoms with Gasteiger partial charge in [0.1, 0.15) is 0 Å². The molecule has 0 saturated heterocycles. The number of thiophene rings is 1. The molecule has 0 saturated carbocycles. The molecule has 0 bridgehead atoms. The Morgan fingerprint density at radius 1 is 1.50 bits per heavy atom. The van der Waals surface area contributed by atoms with Gasteiger partial charge in [-0.05, 0) is 30.7 Å². The van der Waals surface area contributed by atoms with E-state index < -0.39 is 0 Å². The van der Waals surface area contributed by atoms with Crippen molar-refractivity contribution >= 4 is 17.8 Å². The highest BCUT2D eigenvalue weighted by molar-refractivity contribution is 7.09. The van der Waals surface area contributed by atoms with Gasteiger partial charge in [0.25, 0.3) is 0 Å². The van der Waals surface area contributed by atoms with Gasteiger partial charge in [0.15, 0.2) is 0 Å². The lowest BCUT2D eigenvalue weighted by molar-refractivity contribution is 0.270. The Labute approximate surface area is 76.2 Å². The summed E-state index contributed by atoms with van der Waals surface area (Å²) >= 11 is 1.77. The van der Waals surface area contributed by atoms with Crippen LogP contribution in [0.25, 0.3) is 0 Å². The van der Waals surface area contributed by atoms with Crippen molar-refractivity contribution in [1.82, 2.24) is 0 Å². The van der Waals surface area contributed by atoms with Crippen LogP contribution in [0.3, 0.4) is 0 Å². The van der Waals surface area contributed by atoms with E-state index >= 15 is 0 Å². The summed E-state index contributed by atoms with van der Waals surface area (Å²) in [5, 5.41) is 2.07. The van der Waals surface area contributed by atoms with Gasteiger partial charge in [-0.3, -0.25) is 0 Å². The van der Waals surface area contributed by atoms with Crippen molar-refractivity contribution in [2.75, 3.05) is 6.61 Å². The summed E-state index contributed by atoms with van der Waals surface area (Å²) in [4.78, 5) is 11.0. The Bertz CT molecular complexity index is 206. The summed E-state index contributed by atoms with van der Waals surface area (Å²) in [5.74, 6) is 0. The van der Waals surface area contributed by atoms with Crippen LogP contribution in [0.15, 0.2) is 17.5 Å². The van der Waals surface area contributed by atoms with Gasteiger partial charge in [-0.25, -0.2) is 4.79 Å². The lowest BCUT2D eigenvalue weighted by Gasteiger charge is -1.96. The van der Waals surface area contributed by atoms with E-state index in [0.29, 0.717) is 6.61 Å². The van der Waals surface area contributed by atoms with Crippen molar-refractivity contribution < 1.29 is 9.53 Å². The van der Waals surface area contributed by atoms with Gasteiger partial charge in [0.2, 0.25) is 0 Å². The van der Waals surface area contributed by atoms with E-state index in [9.17, 15) is 4.79 Å². The SMILES string of the molecule is O=[C]OCCCCc1cccs1. The molecule has 0 amide bonds. The van der Waals surface area contributed by atoms with E-state index in [1.807, 2.05) is 0 Å². The molecule has 1 rings (SSSR count). The molecule has 12 heavy (non-hydrogen) atoms. The number of carbonyl (C=O) groups excluding carboxylic acids is 1. The highest BCUT2D eigenvalue weighted by atomic mass is 32.1. The molecule has 1 heterocycles. The smallest absolute Gasteiger partial charge is 0.417 e. The Hall–Kier alpha value is -0.830. The molecule has 1 aromatic rings. The predicted molar refractivity (Wildman–Crippen MR) is 48.9 cm³/mol. The molecular weight excluding hydrogens is 172 g/mol. The first-order valence-electron chi connectivity index (χ1n) is 3.95. The Morgan fingerprint density at radius 3 is 3.08 bits per heavy atom. The lowest BCUT2D eigenvalue weighted by atomic mass is 10.2. The number of hydrogen-bond acceptors (Lipinski definition) is 3. The van der Waals surface area contributed by atoms with Gasteiger partial charge in [0, 0.05) is 4.88 Å². The van der Waals surface area contributed by atoms with Crippen LogP contribution < -0.4 is 0 Å². The van der Waals surface area contributed by atoms with Gasteiger partial charge in [-0.15, -0.1) is 11.3 Å². The van der Waals surface area contributed by atoms with Crippen molar-refractivity contribution in [1.29, 1.82) is 0 Å². The normalized spacial score (nSPS) is 9.67. The van der Waals surface area contributed by atoms with E-state index in [1.54, 1.807) is 11.3 Å². The second-order valence-electron chi connectivity index (χ2n) is 2.47. The summed E-state index contributed by atoms with van der Waals surface area (Å²) in [6.07, 6.45) is 3.08. The summed E-state index contributed by atoms with van der Waals surface area (Å²) < 4.78 is 4.45. The van der Waals surface area contributed by atoms with Gasteiger partial charge < -0.3 is 4.74 Å². The van der Waals surface area contributed by atoms with E-state index in [2.05, 4.69) is 22.2 Å². The summed E-state index contributed by atoms with van der Waals surface area (Å²) in [5.41, 5.74) is 0. The third-order valence-electron chi connectivity index (χ3n) is 1.56. The molecule has 0 aliphatic heterocycles. The molecule has 0 aromatic carbocycles. The van der Waals surface area contributed by atoms with Crippen LogP contribution in [0.4, 0.5) is 0 Å². The van der Waals surface area contributed by atoms with Crippen molar-refractivity contribution in [3.8, 4) is 0 Å². The third kappa shape index (κ3) is 3.53. The molecule has 0 fully saturated rings. The maximum Gasteiger partial charge on any atom is 0.417 e. The first kappa shape index (κ1) is 9.26. The minimum absolute atomic E-state index is 0.495. The van der Waals surface area contributed by atoms with Gasteiger partial charge in [0.05, 0.1) is 6.61 Å². The largest absolute Gasteiger partial charge is 0.457 e. The van der Waals surface area contributed by atoms with Crippen LogP contribution in [-0.4, -0.2) is 13.1 Å². The fraction of sp³-hybridized carbons (Fsp3) is 0.444. The van der Waals surface area contributed by atoms with Crippen LogP contribution in [0, 0.1) is 0 Å². The maximum absolute atomic E-state index is 9.65. The second-order valence-corrected chi connectivity index (χ2v) is 3.50. The molecular formula is C9H11O2S. The zero-order chi connectivity index (χ0) is 8.65. The Kier molecular flexibility index (Phi) is 4.46. The number of hydrogen-bond donors (Lipinski definition) is 0. The van der Waals surface area contributed by atoms with Crippen molar-refractivity contribution in [3.05, 3.63) is 22.4 Å². The van der Waals surface area contributed by atoms with Gasteiger partial charge in [-0.1, -0.05) is 6.07 Å². The van der Waals surface area contributed by atoms with Crippen LogP contribution in [-0.2, 0) is 16.0 Å². The Balaban J connectivity index is 2.00. The molecule has 1 aromatic heterocycles. The molecule has 2 nitrogen and oxygen atoms in total. The molecule has 0 aliphatic carbocycles. The molecule has 0 spiro atoms. The van der Waals surface area contributed by atoms with Crippen molar-refractivity contribution in [3.63, 3.8) is 0 Å². The molecule has 0 atom stereocenters. The second kappa shape index (κ2) is 5.77. The van der Waals surface area contributed by atoms with Crippen LogP contribution in [0.5, 0.6) is 0 Å². The minimum atomic E-state index is 0.495. The molecule has 3 heteroatoms. The zero-order valence-corrected chi connectivity index (χ0v) is 7.60. The standard InChI is InChI=1S/C9H11O2S/c10-8-11-6-2-1-4-9-5-3-7-12-9/h3,5,7H,1-2,4,6H2. The fourth-order valence-corrected chi connectivity index (χ4v) is 1.72. The topological polar surface area (TPSA) is 26.3 Å². The first-order chi connectivity index (χ1) is 5.93. The number of aryl methyl sites for hydroxylation is 1. The molecule has 65 valence electrons. The summed E-state index contributed by atoms with van der Waals surface area (Å²) in [6.45, 7) is 1.91.